The number of nitrogens with one attached hydrogen (secondary N) is 1. The fourth-order valence-corrected chi connectivity index (χ4v) is 1.58. The third kappa shape index (κ3) is 3.59. The lowest BCUT2D eigenvalue weighted by atomic mass is 10.1. The number of aromatic nitrogens is 2. The summed E-state index contributed by atoms with van der Waals surface area (Å²) in [5.41, 5.74) is 7.40. The molecule has 2 aromatic rings. The van der Waals surface area contributed by atoms with Gasteiger partial charge in [0.25, 0.3) is 0 Å². The normalized spacial score (nSPS) is 11.4. The van der Waals surface area contributed by atoms with E-state index in [2.05, 4.69) is 15.3 Å². The second-order valence-electron chi connectivity index (χ2n) is 4.34. The van der Waals surface area contributed by atoms with Crippen molar-refractivity contribution in [3.8, 4) is 0 Å². The van der Waals surface area contributed by atoms with Crippen molar-refractivity contribution < 1.29 is 13.2 Å². The third-order valence-electron chi connectivity index (χ3n) is 2.59. The summed E-state index contributed by atoms with van der Waals surface area (Å²) < 4.78 is 37.6. The fourth-order valence-electron chi connectivity index (χ4n) is 1.58. The first-order valence-corrected chi connectivity index (χ1v) is 5.86. The third-order valence-corrected chi connectivity index (χ3v) is 2.59. The largest absolute Gasteiger partial charge is 0.451 e. The average molecular weight is 282 g/mol. The molecule has 0 saturated carbocycles. The fraction of sp³-hybridized carbons (Fsp3) is 0.231. The number of anilines is 2. The summed E-state index contributed by atoms with van der Waals surface area (Å²) in [4.78, 5) is 6.58. The van der Waals surface area contributed by atoms with Gasteiger partial charge in [-0.15, -0.1) is 0 Å². The zero-order chi connectivity index (χ0) is 14.8. The van der Waals surface area contributed by atoms with Gasteiger partial charge >= 0.3 is 6.18 Å². The van der Waals surface area contributed by atoms with Crippen molar-refractivity contribution in [2.75, 3.05) is 11.1 Å². The van der Waals surface area contributed by atoms with Crippen molar-refractivity contribution in [3.05, 3.63) is 47.3 Å². The molecule has 0 amide bonds. The van der Waals surface area contributed by atoms with Crippen molar-refractivity contribution in [3.63, 3.8) is 0 Å². The van der Waals surface area contributed by atoms with Crippen LogP contribution in [0.25, 0.3) is 0 Å². The Balaban J connectivity index is 2.13. The zero-order valence-corrected chi connectivity index (χ0v) is 10.7. The summed E-state index contributed by atoms with van der Waals surface area (Å²) in [6.45, 7) is 2.31. The van der Waals surface area contributed by atoms with E-state index in [1.54, 1.807) is 0 Å². The van der Waals surface area contributed by atoms with Gasteiger partial charge in [-0.25, -0.2) is 9.97 Å². The van der Waals surface area contributed by atoms with Gasteiger partial charge in [-0.3, -0.25) is 0 Å². The second kappa shape index (κ2) is 5.36. The number of aryl methyl sites for hydroxylation is 1. The summed E-state index contributed by atoms with van der Waals surface area (Å²) in [6, 6.07) is 8.89. The van der Waals surface area contributed by atoms with Crippen molar-refractivity contribution in [2.24, 2.45) is 0 Å². The van der Waals surface area contributed by atoms with E-state index in [1.807, 2.05) is 31.2 Å². The van der Waals surface area contributed by atoms with Gasteiger partial charge in [0.1, 0.15) is 11.6 Å². The highest BCUT2D eigenvalue weighted by molar-refractivity contribution is 5.45. The molecule has 106 valence electrons. The van der Waals surface area contributed by atoms with Gasteiger partial charge in [0, 0.05) is 12.6 Å². The van der Waals surface area contributed by atoms with Crippen LogP contribution < -0.4 is 11.1 Å². The van der Waals surface area contributed by atoms with Gasteiger partial charge < -0.3 is 11.1 Å². The highest BCUT2D eigenvalue weighted by atomic mass is 19.4. The van der Waals surface area contributed by atoms with Crippen LogP contribution in [0.5, 0.6) is 0 Å². The number of rotatable bonds is 3. The van der Waals surface area contributed by atoms with Gasteiger partial charge in [0.05, 0.1) is 0 Å². The minimum Gasteiger partial charge on any atom is -0.384 e. The lowest BCUT2D eigenvalue weighted by molar-refractivity contribution is -0.144. The van der Waals surface area contributed by atoms with Gasteiger partial charge in [-0.2, -0.15) is 13.2 Å². The van der Waals surface area contributed by atoms with Crippen LogP contribution in [-0.2, 0) is 12.7 Å². The van der Waals surface area contributed by atoms with Crippen LogP contribution in [0, 0.1) is 6.92 Å². The number of alkyl halides is 3. The van der Waals surface area contributed by atoms with Gasteiger partial charge in [0.15, 0.2) is 0 Å². The van der Waals surface area contributed by atoms with Crippen LogP contribution in [0.4, 0.5) is 24.8 Å². The Morgan fingerprint density at radius 1 is 1.15 bits per heavy atom. The van der Waals surface area contributed by atoms with Crippen molar-refractivity contribution >= 4 is 11.6 Å². The lowest BCUT2D eigenvalue weighted by Gasteiger charge is -2.10. The molecule has 0 radical (unpaired) electrons. The Bertz CT molecular complexity index is 594. The van der Waals surface area contributed by atoms with Crippen LogP contribution >= 0.6 is 0 Å². The number of benzene rings is 1. The molecular weight excluding hydrogens is 269 g/mol. The number of hydrogen-bond donors (Lipinski definition) is 2. The highest BCUT2D eigenvalue weighted by Gasteiger charge is 2.35. The Morgan fingerprint density at radius 3 is 2.40 bits per heavy atom. The monoisotopic (exact) mass is 282 g/mol. The Labute approximate surface area is 113 Å². The summed E-state index contributed by atoms with van der Waals surface area (Å²) in [6.07, 6.45) is -4.62. The minimum atomic E-state index is -4.62. The molecule has 0 aliphatic rings. The van der Waals surface area contributed by atoms with E-state index in [0.29, 0.717) is 6.54 Å². The number of nitrogens with zero attached hydrogens (tertiary/aromatic N) is 2. The van der Waals surface area contributed by atoms with E-state index < -0.39 is 12.0 Å². The molecule has 2 rings (SSSR count). The predicted molar refractivity (Wildman–Crippen MR) is 70.0 cm³/mol. The Morgan fingerprint density at radius 2 is 1.80 bits per heavy atom. The summed E-state index contributed by atoms with van der Waals surface area (Å²) in [5.74, 6) is -1.42. The molecule has 1 aromatic heterocycles. The Hall–Kier alpha value is -2.31. The van der Waals surface area contributed by atoms with Crippen LogP contribution in [0.1, 0.15) is 17.0 Å². The lowest BCUT2D eigenvalue weighted by Crippen LogP contribution is -2.14. The smallest absolute Gasteiger partial charge is 0.384 e. The number of hydrogen-bond acceptors (Lipinski definition) is 4. The number of nitrogen functional groups attached to an aromatic ring is 1. The first kappa shape index (κ1) is 14.1. The summed E-state index contributed by atoms with van der Waals surface area (Å²) >= 11 is 0. The number of halogens is 3. The maximum absolute atomic E-state index is 12.5. The van der Waals surface area contributed by atoms with Crippen molar-refractivity contribution in [1.82, 2.24) is 9.97 Å². The molecular formula is C13H13F3N4. The summed E-state index contributed by atoms with van der Waals surface area (Å²) in [5, 5.41) is 2.80. The predicted octanol–water partition coefficient (Wildman–Crippen LogP) is 3.00. The Kier molecular flexibility index (Phi) is 3.78. The van der Waals surface area contributed by atoms with E-state index in [-0.39, 0.29) is 11.6 Å². The molecule has 3 N–H and O–H groups in total. The maximum Gasteiger partial charge on any atom is 0.451 e. The van der Waals surface area contributed by atoms with E-state index in [9.17, 15) is 13.2 Å². The summed E-state index contributed by atoms with van der Waals surface area (Å²) in [7, 11) is 0. The van der Waals surface area contributed by atoms with Gasteiger partial charge in [-0.1, -0.05) is 29.8 Å². The van der Waals surface area contributed by atoms with Gasteiger partial charge in [-0.05, 0) is 12.5 Å². The maximum atomic E-state index is 12.5. The molecule has 0 spiro atoms. The molecule has 0 saturated heterocycles. The molecule has 0 atom stereocenters. The van der Waals surface area contributed by atoms with Crippen molar-refractivity contribution in [2.45, 2.75) is 19.6 Å². The molecule has 1 aromatic carbocycles. The van der Waals surface area contributed by atoms with E-state index >= 15 is 0 Å². The highest BCUT2D eigenvalue weighted by Crippen LogP contribution is 2.27. The van der Waals surface area contributed by atoms with Crippen LogP contribution in [0.3, 0.4) is 0 Å². The molecule has 0 unspecified atom stereocenters. The quantitative estimate of drug-likeness (QED) is 0.908. The van der Waals surface area contributed by atoms with E-state index in [4.69, 9.17) is 5.73 Å². The SMILES string of the molecule is Cc1ccc(CNc2cc(N)nc(C(F)(F)F)n2)cc1. The molecule has 1 heterocycles. The molecule has 0 aliphatic carbocycles. The molecule has 0 aliphatic heterocycles. The average Bonchev–Trinajstić information content (AvgIpc) is 2.36. The zero-order valence-electron chi connectivity index (χ0n) is 10.7. The first-order chi connectivity index (χ1) is 9.34. The first-order valence-electron chi connectivity index (χ1n) is 5.86. The molecule has 7 heteroatoms. The van der Waals surface area contributed by atoms with Gasteiger partial charge in [0.2, 0.25) is 5.82 Å². The van der Waals surface area contributed by atoms with Crippen LogP contribution in [0.15, 0.2) is 30.3 Å². The van der Waals surface area contributed by atoms with Crippen LogP contribution in [0.2, 0.25) is 0 Å². The molecule has 0 bridgehead atoms. The van der Waals surface area contributed by atoms with E-state index in [1.165, 1.54) is 6.07 Å². The second-order valence-corrected chi connectivity index (χ2v) is 4.34. The molecule has 4 nitrogen and oxygen atoms in total. The molecule has 20 heavy (non-hydrogen) atoms. The standard InChI is InChI=1S/C13H13F3N4/c1-8-2-4-9(5-3-8)7-18-11-6-10(17)19-12(20-11)13(14,15)16/h2-6H,7H2,1H3,(H3,17,18,19,20). The van der Waals surface area contributed by atoms with Crippen molar-refractivity contribution in [1.29, 1.82) is 0 Å². The molecule has 0 fully saturated rings. The topological polar surface area (TPSA) is 63.8 Å². The number of nitrogens with two attached hydrogens (primary N) is 1. The minimum absolute atomic E-state index is 0.0467. The van der Waals surface area contributed by atoms with E-state index in [0.717, 1.165) is 11.1 Å². The van der Waals surface area contributed by atoms with Crippen LogP contribution in [-0.4, -0.2) is 9.97 Å².